The second-order valence-corrected chi connectivity index (χ2v) is 11.5. The first-order chi connectivity index (χ1) is 16.4. The van der Waals surface area contributed by atoms with Gasteiger partial charge in [0.15, 0.2) is 5.60 Å². The molecule has 2 aliphatic rings. The van der Waals surface area contributed by atoms with E-state index in [1.54, 1.807) is 30.3 Å². The van der Waals surface area contributed by atoms with Gasteiger partial charge in [0.05, 0.1) is 37.1 Å². The van der Waals surface area contributed by atoms with Crippen LogP contribution in [0.1, 0.15) is 43.7 Å². The number of hydrogen-bond acceptors (Lipinski definition) is 4. The van der Waals surface area contributed by atoms with E-state index in [0.29, 0.717) is 35.9 Å². The van der Waals surface area contributed by atoms with Crippen LogP contribution >= 0.6 is 23.2 Å². The number of fused-ring (bicyclic) bond motifs is 1. The van der Waals surface area contributed by atoms with E-state index in [1.165, 1.54) is 6.92 Å². The Kier molecular flexibility index (Phi) is 7.11. The molecule has 0 spiro atoms. The molecular weight excluding hydrogens is 487 g/mol. The van der Waals surface area contributed by atoms with E-state index in [-0.39, 0.29) is 30.1 Å². The predicted octanol–water partition coefficient (Wildman–Crippen LogP) is 4.63. The van der Waals surface area contributed by atoms with Crippen LogP contribution in [0.2, 0.25) is 10.0 Å². The third-order valence-corrected chi connectivity index (χ3v) is 8.38. The molecule has 1 heterocycles. The Morgan fingerprint density at radius 2 is 1.91 bits per heavy atom. The zero-order chi connectivity index (χ0) is 25.4. The molecule has 35 heavy (non-hydrogen) atoms. The van der Waals surface area contributed by atoms with Crippen molar-refractivity contribution in [3.8, 4) is 5.75 Å². The van der Waals surface area contributed by atoms with Gasteiger partial charge in [-0.15, -0.1) is 0 Å². The molecule has 1 aliphatic heterocycles. The van der Waals surface area contributed by atoms with E-state index in [1.807, 2.05) is 12.1 Å². The number of nitrogens with zero attached hydrogens (tertiary/aromatic N) is 1. The van der Waals surface area contributed by atoms with Gasteiger partial charge in [-0.05, 0) is 54.7 Å². The van der Waals surface area contributed by atoms with Crippen molar-refractivity contribution in [2.45, 2.75) is 56.1 Å². The van der Waals surface area contributed by atoms with Crippen LogP contribution in [0.15, 0.2) is 42.5 Å². The monoisotopic (exact) mass is 519 g/mol. The summed E-state index contributed by atoms with van der Waals surface area (Å²) in [5, 5.41) is 14.4. The number of ether oxygens (including phenoxy) is 1. The van der Waals surface area contributed by atoms with Gasteiger partial charge in [-0.3, -0.25) is 9.59 Å². The van der Waals surface area contributed by atoms with Gasteiger partial charge in [0.1, 0.15) is 12.3 Å². The Bertz CT molecular complexity index is 1140. The predicted molar refractivity (Wildman–Crippen MR) is 137 cm³/mol. The summed E-state index contributed by atoms with van der Waals surface area (Å²) >= 11 is 12.1. The van der Waals surface area contributed by atoms with Crippen molar-refractivity contribution in [1.29, 1.82) is 0 Å². The van der Waals surface area contributed by atoms with Gasteiger partial charge in [0.2, 0.25) is 5.91 Å². The minimum atomic E-state index is -0.723. The van der Waals surface area contributed by atoms with Crippen molar-refractivity contribution in [2.75, 3.05) is 27.2 Å². The van der Waals surface area contributed by atoms with E-state index < -0.39 is 11.0 Å². The number of esters is 1. The lowest BCUT2D eigenvalue weighted by atomic mass is 9.54. The second-order valence-electron chi connectivity index (χ2n) is 10.7. The highest BCUT2D eigenvalue weighted by Gasteiger charge is 2.64. The highest BCUT2D eigenvalue weighted by molar-refractivity contribution is 6.42. The number of benzene rings is 2. The first kappa shape index (κ1) is 25.8. The summed E-state index contributed by atoms with van der Waals surface area (Å²) in [6, 6.07) is 12.4. The van der Waals surface area contributed by atoms with Gasteiger partial charge in [0.25, 0.3) is 0 Å². The lowest BCUT2D eigenvalue weighted by Gasteiger charge is -2.60. The smallest absolute Gasteiger partial charge is 0.303 e. The van der Waals surface area contributed by atoms with Crippen molar-refractivity contribution in [3.05, 3.63) is 63.6 Å². The average Bonchev–Trinajstić information content (AvgIpc) is 2.76. The maximum absolute atomic E-state index is 13.0. The zero-order valence-corrected chi connectivity index (χ0v) is 22.0. The molecule has 2 fully saturated rings. The number of phenols is 1. The molecule has 188 valence electrons. The second kappa shape index (κ2) is 9.64. The van der Waals surface area contributed by atoms with Crippen LogP contribution in [0.25, 0.3) is 0 Å². The van der Waals surface area contributed by atoms with E-state index in [2.05, 4.69) is 19.4 Å². The third-order valence-electron chi connectivity index (χ3n) is 7.64. The maximum atomic E-state index is 13.0. The molecule has 6 nitrogen and oxygen atoms in total. The summed E-state index contributed by atoms with van der Waals surface area (Å²) in [6.45, 7) is 3.02. The van der Waals surface area contributed by atoms with Crippen LogP contribution in [0.5, 0.6) is 5.75 Å². The molecule has 1 saturated heterocycles. The van der Waals surface area contributed by atoms with Gasteiger partial charge in [-0.1, -0.05) is 41.4 Å². The van der Waals surface area contributed by atoms with Crippen molar-refractivity contribution < 1.29 is 23.9 Å². The lowest BCUT2D eigenvalue weighted by molar-refractivity contribution is -0.904. The number of quaternary nitrogens is 1. The van der Waals surface area contributed by atoms with Crippen molar-refractivity contribution >= 4 is 35.1 Å². The SMILES string of the molecule is CC(=O)O[C@]12CC[C@H](NC(=O)Cc3ccc(Cl)c(Cl)c3)C[C@]1(c1cccc(O)c1)CC[N+](C)(C)C2. The molecule has 0 aromatic heterocycles. The summed E-state index contributed by atoms with van der Waals surface area (Å²) in [7, 11) is 4.31. The van der Waals surface area contributed by atoms with E-state index in [9.17, 15) is 14.7 Å². The van der Waals surface area contributed by atoms with Gasteiger partial charge in [0, 0.05) is 24.8 Å². The van der Waals surface area contributed by atoms with Gasteiger partial charge < -0.3 is 19.6 Å². The zero-order valence-electron chi connectivity index (χ0n) is 20.4. The average molecular weight is 520 g/mol. The van der Waals surface area contributed by atoms with Crippen LogP contribution in [0, 0.1) is 0 Å². The number of rotatable bonds is 5. The fraction of sp³-hybridized carbons (Fsp3) is 0.481. The molecule has 1 amide bonds. The third kappa shape index (κ3) is 5.30. The fourth-order valence-corrected chi connectivity index (χ4v) is 6.52. The number of likely N-dealkylation sites (N-methyl/N-ethyl adjacent to an activating group) is 1. The number of amides is 1. The van der Waals surface area contributed by atoms with E-state index in [0.717, 1.165) is 28.6 Å². The first-order valence-corrected chi connectivity index (χ1v) is 12.7. The summed E-state index contributed by atoms with van der Waals surface area (Å²) in [4.78, 5) is 25.3. The quantitative estimate of drug-likeness (QED) is 0.446. The minimum absolute atomic E-state index is 0.0913. The number of phenolic OH excluding ortho intramolecular Hbond substituents is 1. The molecule has 4 rings (SSSR count). The normalized spacial score (nSPS) is 27.5. The highest BCUT2D eigenvalue weighted by Crippen LogP contribution is 2.54. The Hall–Kier alpha value is -2.28. The number of carbonyl (C=O) groups is 2. The first-order valence-electron chi connectivity index (χ1n) is 12.0. The van der Waals surface area contributed by atoms with E-state index >= 15 is 0 Å². The molecule has 0 radical (unpaired) electrons. The Morgan fingerprint density at radius 1 is 1.14 bits per heavy atom. The summed E-state index contributed by atoms with van der Waals surface area (Å²) in [5.74, 6) is -0.219. The largest absolute Gasteiger partial charge is 0.508 e. The highest BCUT2D eigenvalue weighted by atomic mass is 35.5. The molecule has 1 saturated carbocycles. The number of likely N-dealkylation sites (tertiary alicyclic amines) is 1. The molecule has 3 atom stereocenters. The van der Waals surface area contributed by atoms with Crippen molar-refractivity contribution in [3.63, 3.8) is 0 Å². The fourth-order valence-electron chi connectivity index (χ4n) is 6.20. The number of carbonyl (C=O) groups excluding carboxylic acids is 2. The van der Waals surface area contributed by atoms with Crippen molar-refractivity contribution in [2.24, 2.45) is 0 Å². The number of aromatic hydroxyl groups is 1. The molecule has 2 aromatic rings. The van der Waals surface area contributed by atoms with Crippen LogP contribution in [0.3, 0.4) is 0 Å². The van der Waals surface area contributed by atoms with Crippen LogP contribution in [-0.2, 0) is 26.2 Å². The number of hydrogen-bond donors (Lipinski definition) is 2. The van der Waals surface area contributed by atoms with Gasteiger partial charge in [-0.2, -0.15) is 0 Å². The molecule has 0 unspecified atom stereocenters. The minimum Gasteiger partial charge on any atom is -0.508 e. The molecular formula is C27H33Cl2N2O4+. The Balaban J connectivity index is 1.64. The van der Waals surface area contributed by atoms with E-state index in [4.69, 9.17) is 27.9 Å². The topological polar surface area (TPSA) is 75.6 Å². The molecule has 2 N–H and O–H groups in total. The standard InChI is InChI=1S/C27H32Cl2N2O4/c1-18(32)35-27-10-9-21(30-25(34)14-19-7-8-23(28)24(29)13-19)16-26(27,11-12-31(2,3)17-27)20-5-4-6-22(33)15-20/h4-8,13,15,21H,9-12,14,16-17H2,1-3H3,(H-,30,33,34)/p+1/t21-,26-,27-/m0/s1. The van der Waals surface area contributed by atoms with Gasteiger partial charge in [-0.25, -0.2) is 0 Å². The summed E-state index contributed by atoms with van der Waals surface area (Å²) in [5.41, 5.74) is 0.493. The van der Waals surface area contributed by atoms with Gasteiger partial charge >= 0.3 is 5.97 Å². The molecule has 8 heteroatoms. The maximum Gasteiger partial charge on any atom is 0.303 e. The van der Waals surface area contributed by atoms with Crippen LogP contribution < -0.4 is 5.32 Å². The lowest BCUT2D eigenvalue weighted by Crippen LogP contribution is -2.71. The number of halogens is 2. The summed E-state index contributed by atoms with van der Waals surface area (Å²) < 4.78 is 6.95. The molecule has 2 aromatic carbocycles. The molecule has 1 aliphatic carbocycles. The Morgan fingerprint density at radius 3 is 2.60 bits per heavy atom. The van der Waals surface area contributed by atoms with Crippen LogP contribution in [-0.4, -0.2) is 60.3 Å². The summed E-state index contributed by atoms with van der Waals surface area (Å²) in [6.07, 6.45) is 2.92. The number of piperidine rings is 1. The Labute approximate surface area is 216 Å². The molecule has 0 bridgehead atoms. The number of nitrogens with one attached hydrogen (secondary N) is 1. The van der Waals surface area contributed by atoms with Crippen LogP contribution in [0.4, 0.5) is 0 Å². The van der Waals surface area contributed by atoms with Crippen molar-refractivity contribution in [1.82, 2.24) is 5.32 Å².